The highest BCUT2D eigenvalue weighted by molar-refractivity contribution is 14.1. The van der Waals surface area contributed by atoms with Crippen LogP contribution >= 0.6 is 34.8 Å². The number of nitrogens with one attached hydrogen (secondary N) is 2. The summed E-state index contributed by atoms with van der Waals surface area (Å²) >= 11 is 7.09. The average molecular weight is 425 g/mol. The number of carbonyl (C=O) groups excluding carboxylic acids is 2. The molecule has 112 valence electrons. The third kappa shape index (κ3) is 4.01. The number of benzene rings is 2. The lowest BCUT2D eigenvalue weighted by atomic mass is 10.2. The number of aromatic carboxylic acids is 1. The summed E-state index contributed by atoms with van der Waals surface area (Å²) < 4.78 is 0.788. The maximum atomic E-state index is 12.1. The Hall–Kier alpha value is -2.00. The molecule has 0 spiro atoms. The number of carboxylic acids is 1. The quantitative estimate of drug-likeness (QED) is 0.579. The Bertz CT molecular complexity index is 749. The zero-order valence-electron chi connectivity index (χ0n) is 11.1. The first-order valence-electron chi connectivity index (χ1n) is 6.16. The van der Waals surface area contributed by atoms with E-state index in [2.05, 4.69) is 10.6 Å². The van der Waals surface area contributed by atoms with Crippen molar-refractivity contribution >= 4 is 57.5 Å². The van der Waals surface area contributed by atoms with Crippen LogP contribution in [0.2, 0.25) is 0 Å². The topological polar surface area (TPSA) is 81.3 Å². The lowest BCUT2D eigenvalue weighted by Gasteiger charge is -2.14. The molecule has 0 radical (unpaired) electrons. The number of para-hydroxylation sites is 1. The van der Waals surface area contributed by atoms with Crippen molar-refractivity contribution in [2.24, 2.45) is 0 Å². The molecule has 0 aromatic heterocycles. The van der Waals surface area contributed by atoms with Crippen LogP contribution in [0.1, 0.15) is 20.7 Å². The van der Waals surface area contributed by atoms with Gasteiger partial charge in [0.2, 0.25) is 0 Å². The van der Waals surface area contributed by atoms with E-state index >= 15 is 0 Å². The normalized spacial score (nSPS) is 9.86. The van der Waals surface area contributed by atoms with Gasteiger partial charge in [-0.1, -0.05) is 30.3 Å². The lowest BCUT2D eigenvalue weighted by molar-refractivity contribution is -0.254. The molecule has 0 heterocycles. The molecule has 2 aromatic carbocycles. The Morgan fingerprint density at radius 1 is 1.00 bits per heavy atom. The third-order valence-electron chi connectivity index (χ3n) is 2.74. The number of halogens is 1. The number of hydrogen-bond donors (Lipinski definition) is 2. The van der Waals surface area contributed by atoms with Gasteiger partial charge in [-0.15, -0.1) is 0 Å². The van der Waals surface area contributed by atoms with Gasteiger partial charge in [0.05, 0.1) is 11.5 Å². The van der Waals surface area contributed by atoms with Gasteiger partial charge < -0.3 is 15.2 Å². The second-order valence-electron chi connectivity index (χ2n) is 4.22. The van der Waals surface area contributed by atoms with Crippen molar-refractivity contribution in [1.82, 2.24) is 5.32 Å². The van der Waals surface area contributed by atoms with Gasteiger partial charge in [0.1, 0.15) is 0 Å². The number of hydrogen-bond acceptors (Lipinski definition) is 4. The van der Waals surface area contributed by atoms with Crippen LogP contribution in [0.15, 0.2) is 48.5 Å². The van der Waals surface area contributed by atoms with Gasteiger partial charge in [-0.05, 0) is 53.0 Å². The summed E-state index contributed by atoms with van der Waals surface area (Å²) in [7, 11) is 0. The molecule has 0 bridgehead atoms. The molecule has 1 amide bonds. The van der Waals surface area contributed by atoms with Crippen molar-refractivity contribution in [3.8, 4) is 0 Å². The molecule has 22 heavy (non-hydrogen) atoms. The Morgan fingerprint density at radius 2 is 1.59 bits per heavy atom. The zero-order valence-corrected chi connectivity index (χ0v) is 14.1. The van der Waals surface area contributed by atoms with Crippen molar-refractivity contribution in [2.75, 3.05) is 5.32 Å². The predicted molar refractivity (Wildman–Crippen MR) is 93.6 cm³/mol. The summed E-state index contributed by atoms with van der Waals surface area (Å²) in [4.78, 5) is 23.1. The summed E-state index contributed by atoms with van der Waals surface area (Å²) in [5.74, 6) is -1.69. The molecule has 2 rings (SSSR count). The minimum Gasteiger partial charge on any atom is -0.545 e. The molecular weight excluding hydrogens is 415 g/mol. The smallest absolute Gasteiger partial charge is 0.258 e. The van der Waals surface area contributed by atoms with Gasteiger partial charge in [0.15, 0.2) is 5.11 Å². The molecular formula is C15H10IN2O3S-. The van der Waals surface area contributed by atoms with Gasteiger partial charge >= 0.3 is 0 Å². The number of amides is 1. The van der Waals surface area contributed by atoms with Crippen LogP contribution < -0.4 is 15.7 Å². The molecule has 0 aliphatic rings. The van der Waals surface area contributed by atoms with Crippen LogP contribution in [-0.2, 0) is 0 Å². The second kappa shape index (κ2) is 7.32. The van der Waals surface area contributed by atoms with Crippen molar-refractivity contribution in [2.45, 2.75) is 0 Å². The summed E-state index contributed by atoms with van der Waals surface area (Å²) in [5, 5.41) is 16.2. The van der Waals surface area contributed by atoms with Crippen LogP contribution in [-0.4, -0.2) is 17.0 Å². The fourth-order valence-electron chi connectivity index (χ4n) is 1.74. The number of thiocarbonyl (C=S) groups is 1. The van der Waals surface area contributed by atoms with Gasteiger partial charge in [-0.25, -0.2) is 0 Å². The van der Waals surface area contributed by atoms with Gasteiger partial charge in [-0.3, -0.25) is 10.1 Å². The van der Waals surface area contributed by atoms with Gasteiger partial charge in [0.25, 0.3) is 5.91 Å². The number of rotatable bonds is 3. The fraction of sp³-hybridized carbons (Fsp3) is 0. The molecule has 0 saturated heterocycles. The van der Waals surface area contributed by atoms with E-state index in [-0.39, 0.29) is 22.3 Å². The maximum absolute atomic E-state index is 12.1. The Kier molecular flexibility index (Phi) is 5.45. The number of carboxylic acid groups (broad SMARTS) is 1. The predicted octanol–water partition coefficient (Wildman–Crippen LogP) is 1.78. The van der Waals surface area contributed by atoms with E-state index < -0.39 is 5.97 Å². The minimum absolute atomic E-state index is 0.0124. The third-order valence-corrected chi connectivity index (χ3v) is 3.89. The first-order valence-corrected chi connectivity index (χ1v) is 7.65. The minimum atomic E-state index is -1.32. The van der Waals surface area contributed by atoms with E-state index in [1.54, 1.807) is 30.3 Å². The number of carbonyl (C=O) groups is 2. The van der Waals surface area contributed by atoms with Crippen LogP contribution in [0.5, 0.6) is 0 Å². The molecule has 0 fully saturated rings. The van der Waals surface area contributed by atoms with Crippen molar-refractivity contribution in [3.05, 3.63) is 63.2 Å². The first-order chi connectivity index (χ1) is 10.5. The molecule has 0 aliphatic carbocycles. The van der Waals surface area contributed by atoms with Crippen molar-refractivity contribution < 1.29 is 14.7 Å². The summed E-state index contributed by atoms with van der Waals surface area (Å²) in [6.07, 6.45) is 0. The first kappa shape index (κ1) is 16.4. The van der Waals surface area contributed by atoms with Crippen LogP contribution in [0.25, 0.3) is 0 Å². The van der Waals surface area contributed by atoms with Crippen LogP contribution in [0.3, 0.4) is 0 Å². The summed E-state index contributed by atoms with van der Waals surface area (Å²) in [6, 6.07) is 13.2. The van der Waals surface area contributed by atoms with E-state index in [0.717, 1.165) is 3.57 Å². The average Bonchev–Trinajstić information content (AvgIpc) is 2.47. The SMILES string of the molecule is O=C(NC(=S)Nc1ccccc1C(=O)[O-])c1ccccc1I. The van der Waals surface area contributed by atoms with Crippen LogP contribution in [0.4, 0.5) is 5.69 Å². The maximum Gasteiger partial charge on any atom is 0.258 e. The van der Waals surface area contributed by atoms with E-state index in [9.17, 15) is 14.7 Å². The monoisotopic (exact) mass is 425 g/mol. The highest BCUT2D eigenvalue weighted by Gasteiger charge is 2.11. The molecule has 2 N–H and O–H groups in total. The largest absolute Gasteiger partial charge is 0.545 e. The highest BCUT2D eigenvalue weighted by Crippen LogP contribution is 2.14. The molecule has 0 saturated carbocycles. The zero-order chi connectivity index (χ0) is 16.1. The summed E-state index contributed by atoms with van der Waals surface area (Å²) in [6.45, 7) is 0. The molecule has 5 nitrogen and oxygen atoms in total. The van der Waals surface area contributed by atoms with Crippen molar-refractivity contribution in [1.29, 1.82) is 0 Å². The standard InChI is InChI=1S/C15H11IN2O3S/c16-11-7-3-1-5-9(11)13(19)18-15(22)17-12-8-4-2-6-10(12)14(20)21/h1-8H,(H,20,21)(H2,17,18,19,22)/p-1. The van der Waals surface area contributed by atoms with Gasteiger partial charge in [-0.2, -0.15) is 0 Å². The Balaban J connectivity index is 2.10. The molecule has 7 heteroatoms. The van der Waals surface area contributed by atoms with E-state index in [4.69, 9.17) is 12.2 Å². The van der Waals surface area contributed by atoms with Gasteiger partial charge in [0, 0.05) is 14.8 Å². The number of anilines is 1. The Labute approximate surface area is 145 Å². The van der Waals surface area contributed by atoms with Crippen LogP contribution in [0, 0.1) is 3.57 Å². The molecule has 2 aromatic rings. The van der Waals surface area contributed by atoms with E-state index in [1.165, 1.54) is 12.1 Å². The lowest BCUT2D eigenvalue weighted by Crippen LogP contribution is -2.35. The van der Waals surface area contributed by atoms with E-state index in [0.29, 0.717) is 5.56 Å². The second-order valence-corrected chi connectivity index (χ2v) is 5.79. The Morgan fingerprint density at radius 3 is 2.23 bits per heavy atom. The fourth-order valence-corrected chi connectivity index (χ4v) is 2.57. The molecule has 0 aliphatic heterocycles. The molecule has 0 atom stereocenters. The highest BCUT2D eigenvalue weighted by atomic mass is 127. The molecule has 0 unspecified atom stereocenters. The van der Waals surface area contributed by atoms with E-state index in [1.807, 2.05) is 28.7 Å². The van der Waals surface area contributed by atoms with Crippen molar-refractivity contribution in [3.63, 3.8) is 0 Å². The summed E-state index contributed by atoms with van der Waals surface area (Å²) in [5.41, 5.74) is 0.712.